The Morgan fingerprint density at radius 3 is 2.70 bits per heavy atom. The van der Waals surface area contributed by atoms with Crippen LogP contribution in [0.2, 0.25) is 0 Å². The lowest BCUT2D eigenvalue weighted by Crippen LogP contribution is -2.34. The van der Waals surface area contributed by atoms with Gasteiger partial charge in [-0.2, -0.15) is 0 Å². The van der Waals surface area contributed by atoms with Gasteiger partial charge in [-0.05, 0) is 36.3 Å². The normalized spacial score (nSPS) is 16.9. The Labute approximate surface area is 118 Å². The van der Waals surface area contributed by atoms with Gasteiger partial charge in [-0.25, -0.2) is 8.78 Å². The van der Waals surface area contributed by atoms with E-state index >= 15 is 0 Å². The molecule has 1 aliphatic rings. The van der Waals surface area contributed by atoms with Crippen LogP contribution in [0.25, 0.3) is 0 Å². The van der Waals surface area contributed by atoms with Crippen molar-refractivity contribution < 1.29 is 8.78 Å². The first-order valence-corrected chi connectivity index (χ1v) is 6.90. The Morgan fingerprint density at radius 1 is 1.40 bits per heavy atom. The highest BCUT2D eigenvalue weighted by Crippen LogP contribution is 2.41. The second kappa shape index (κ2) is 5.77. The molecule has 20 heavy (non-hydrogen) atoms. The van der Waals surface area contributed by atoms with E-state index in [1.165, 1.54) is 19.3 Å². The summed E-state index contributed by atoms with van der Waals surface area (Å²) in [7, 11) is 0. The highest BCUT2D eigenvalue weighted by atomic mass is 19.1. The molecule has 3 N–H and O–H groups in total. The minimum Gasteiger partial charge on any atom is -0.370 e. The van der Waals surface area contributed by atoms with Crippen LogP contribution in [-0.4, -0.2) is 12.5 Å². The Hall–Kier alpha value is -1.65. The number of nitrogens with two attached hydrogens (primary N) is 1. The van der Waals surface area contributed by atoms with Crippen molar-refractivity contribution in [1.29, 1.82) is 0 Å². The second-order valence-electron chi connectivity index (χ2n) is 6.07. The van der Waals surface area contributed by atoms with E-state index < -0.39 is 11.6 Å². The maximum absolute atomic E-state index is 13.5. The molecule has 0 radical (unpaired) electrons. The van der Waals surface area contributed by atoms with Gasteiger partial charge < -0.3 is 11.1 Å². The van der Waals surface area contributed by atoms with E-state index in [-0.39, 0.29) is 17.1 Å². The van der Waals surface area contributed by atoms with Crippen LogP contribution in [0.3, 0.4) is 0 Å². The molecule has 1 aromatic carbocycles. The van der Waals surface area contributed by atoms with Crippen LogP contribution in [-0.2, 0) is 0 Å². The average molecular weight is 281 g/mol. The quantitative estimate of drug-likeness (QED) is 0.655. The van der Waals surface area contributed by atoms with Crippen molar-refractivity contribution in [3.63, 3.8) is 0 Å². The number of halogens is 2. The minimum atomic E-state index is -0.553. The summed E-state index contributed by atoms with van der Waals surface area (Å²) in [5, 5.41) is 2.61. The van der Waals surface area contributed by atoms with E-state index in [9.17, 15) is 8.78 Å². The number of aliphatic imine (C=N–C) groups is 1. The van der Waals surface area contributed by atoms with E-state index in [1.807, 2.05) is 0 Å². The first-order chi connectivity index (χ1) is 9.38. The van der Waals surface area contributed by atoms with Crippen molar-refractivity contribution in [2.45, 2.75) is 33.1 Å². The number of nitrogens with zero attached hydrogens (tertiary/aromatic N) is 1. The summed E-state index contributed by atoms with van der Waals surface area (Å²) in [6.07, 6.45) is 3.74. The maximum atomic E-state index is 13.5. The standard InChI is InChI=1S/C15H21F2N3/c1-15(2,10-4-3-5-10)9-19-14(18)20-13-8-11(16)6-7-12(13)17/h6-8,10H,3-5,9H2,1-2H3,(H3,18,19,20). The summed E-state index contributed by atoms with van der Waals surface area (Å²) in [5.41, 5.74) is 5.84. The monoisotopic (exact) mass is 281 g/mol. The van der Waals surface area contributed by atoms with Crippen molar-refractivity contribution in [3.8, 4) is 0 Å². The lowest BCUT2D eigenvalue weighted by atomic mass is 9.67. The zero-order chi connectivity index (χ0) is 14.8. The molecule has 2 rings (SSSR count). The minimum absolute atomic E-state index is 0.00713. The number of hydrogen-bond acceptors (Lipinski definition) is 1. The Morgan fingerprint density at radius 2 is 2.10 bits per heavy atom. The fourth-order valence-corrected chi connectivity index (χ4v) is 2.38. The third kappa shape index (κ3) is 3.46. The summed E-state index contributed by atoms with van der Waals surface area (Å²) in [6, 6.07) is 3.19. The van der Waals surface area contributed by atoms with Gasteiger partial charge in [0, 0.05) is 12.6 Å². The summed E-state index contributed by atoms with van der Waals surface area (Å²) < 4.78 is 26.5. The number of benzene rings is 1. The first-order valence-electron chi connectivity index (χ1n) is 6.90. The van der Waals surface area contributed by atoms with Gasteiger partial charge in [-0.3, -0.25) is 4.99 Å². The van der Waals surface area contributed by atoms with E-state index in [0.717, 1.165) is 18.2 Å². The van der Waals surface area contributed by atoms with E-state index in [1.54, 1.807) is 0 Å². The van der Waals surface area contributed by atoms with Gasteiger partial charge in [0.05, 0.1) is 5.69 Å². The van der Waals surface area contributed by atoms with Crippen LogP contribution in [0, 0.1) is 23.0 Å². The molecule has 0 amide bonds. The number of nitrogens with one attached hydrogen (secondary N) is 1. The van der Waals surface area contributed by atoms with Crippen LogP contribution < -0.4 is 11.1 Å². The highest BCUT2D eigenvalue weighted by Gasteiger charge is 2.33. The van der Waals surface area contributed by atoms with E-state index in [2.05, 4.69) is 24.2 Å². The zero-order valence-corrected chi connectivity index (χ0v) is 11.9. The van der Waals surface area contributed by atoms with Crippen LogP contribution >= 0.6 is 0 Å². The molecular formula is C15H21F2N3. The molecule has 0 saturated heterocycles. The third-order valence-electron chi connectivity index (χ3n) is 4.06. The summed E-state index contributed by atoms with van der Waals surface area (Å²) >= 11 is 0. The largest absolute Gasteiger partial charge is 0.370 e. The molecule has 0 aliphatic heterocycles. The molecule has 1 aliphatic carbocycles. The van der Waals surface area contributed by atoms with Crippen molar-refractivity contribution in [3.05, 3.63) is 29.8 Å². The second-order valence-corrected chi connectivity index (χ2v) is 6.07. The molecule has 0 bridgehead atoms. The first kappa shape index (κ1) is 14.8. The Balaban J connectivity index is 1.98. The molecule has 110 valence electrons. The van der Waals surface area contributed by atoms with Gasteiger partial charge in [0.1, 0.15) is 11.6 Å². The van der Waals surface area contributed by atoms with Crippen molar-refractivity contribution >= 4 is 11.6 Å². The average Bonchev–Trinajstić information content (AvgIpc) is 2.29. The molecule has 3 nitrogen and oxygen atoms in total. The summed E-state index contributed by atoms with van der Waals surface area (Å²) in [4.78, 5) is 4.26. The molecule has 0 atom stereocenters. The van der Waals surface area contributed by atoms with Gasteiger partial charge in [0.15, 0.2) is 5.96 Å². The van der Waals surface area contributed by atoms with Crippen molar-refractivity contribution in [1.82, 2.24) is 0 Å². The highest BCUT2D eigenvalue weighted by molar-refractivity contribution is 5.92. The van der Waals surface area contributed by atoms with Gasteiger partial charge in [-0.15, -0.1) is 0 Å². The Bertz CT molecular complexity index is 508. The molecule has 1 fully saturated rings. The number of hydrogen-bond donors (Lipinski definition) is 2. The Kier molecular flexibility index (Phi) is 4.26. The molecule has 1 saturated carbocycles. The van der Waals surface area contributed by atoms with Gasteiger partial charge in [0.25, 0.3) is 0 Å². The number of rotatable bonds is 4. The predicted molar refractivity (Wildman–Crippen MR) is 77.6 cm³/mol. The van der Waals surface area contributed by atoms with Gasteiger partial charge in [0.2, 0.25) is 0 Å². The predicted octanol–water partition coefficient (Wildman–Crippen LogP) is 3.52. The third-order valence-corrected chi connectivity index (χ3v) is 4.06. The smallest absolute Gasteiger partial charge is 0.193 e. The molecule has 0 unspecified atom stereocenters. The molecule has 0 heterocycles. The lowest BCUT2D eigenvalue weighted by Gasteiger charge is -2.39. The molecule has 5 heteroatoms. The molecule has 1 aromatic rings. The van der Waals surface area contributed by atoms with Crippen LogP contribution in [0.5, 0.6) is 0 Å². The van der Waals surface area contributed by atoms with Crippen LogP contribution in [0.15, 0.2) is 23.2 Å². The fraction of sp³-hybridized carbons (Fsp3) is 0.533. The summed E-state index contributed by atoms with van der Waals surface area (Å²) in [6.45, 7) is 4.90. The van der Waals surface area contributed by atoms with Crippen LogP contribution in [0.1, 0.15) is 33.1 Å². The molecular weight excluding hydrogens is 260 g/mol. The molecule has 0 spiro atoms. The number of anilines is 1. The van der Waals surface area contributed by atoms with Crippen molar-refractivity contribution in [2.75, 3.05) is 11.9 Å². The maximum Gasteiger partial charge on any atom is 0.193 e. The zero-order valence-electron chi connectivity index (χ0n) is 11.9. The van der Waals surface area contributed by atoms with E-state index in [0.29, 0.717) is 12.5 Å². The van der Waals surface area contributed by atoms with E-state index in [4.69, 9.17) is 5.73 Å². The summed E-state index contributed by atoms with van der Waals surface area (Å²) in [5.74, 6) is -0.286. The fourth-order valence-electron chi connectivity index (χ4n) is 2.38. The topological polar surface area (TPSA) is 50.4 Å². The van der Waals surface area contributed by atoms with Gasteiger partial charge >= 0.3 is 0 Å². The lowest BCUT2D eigenvalue weighted by molar-refractivity contribution is 0.130. The SMILES string of the molecule is CC(C)(CN=C(N)Nc1cc(F)ccc1F)C1CCC1. The van der Waals surface area contributed by atoms with Crippen LogP contribution in [0.4, 0.5) is 14.5 Å². The van der Waals surface area contributed by atoms with Crippen molar-refractivity contribution in [2.24, 2.45) is 22.1 Å². The number of guanidine groups is 1. The molecule has 0 aromatic heterocycles. The van der Waals surface area contributed by atoms with Gasteiger partial charge in [-0.1, -0.05) is 20.3 Å².